The summed E-state index contributed by atoms with van der Waals surface area (Å²) in [4.78, 5) is 2.21. The van der Waals surface area contributed by atoms with Crippen molar-refractivity contribution >= 4 is 58.0 Å². The lowest BCUT2D eigenvalue weighted by Crippen LogP contribution is -2.27. The molecule has 8 heteroatoms. The van der Waals surface area contributed by atoms with Gasteiger partial charge in [-0.1, -0.05) is 30.3 Å². The highest BCUT2D eigenvalue weighted by Gasteiger charge is 2.50. The molecule has 2 aromatic rings. The monoisotopic (exact) mass is 456 g/mol. The van der Waals surface area contributed by atoms with Gasteiger partial charge in [-0.05, 0) is 34.7 Å². The zero-order chi connectivity index (χ0) is 19.6. The van der Waals surface area contributed by atoms with Crippen LogP contribution in [0.2, 0.25) is 0 Å². The Kier molecular flexibility index (Phi) is 6.84. The smallest absolute Gasteiger partial charge is 0.145 e. The van der Waals surface area contributed by atoms with E-state index in [1.807, 2.05) is 0 Å². The van der Waals surface area contributed by atoms with Gasteiger partial charge in [-0.25, -0.2) is 14.0 Å². The highest BCUT2D eigenvalue weighted by Crippen LogP contribution is 2.65. The molecule has 0 aliphatic carbocycles. The van der Waals surface area contributed by atoms with Gasteiger partial charge in [0.1, 0.15) is 6.49 Å². The summed E-state index contributed by atoms with van der Waals surface area (Å²) in [5.41, 5.74) is 1.19. The van der Waals surface area contributed by atoms with E-state index in [1.54, 1.807) is 0 Å². The van der Waals surface area contributed by atoms with E-state index in [1.165, 1.54) is 55.7 Å². The molecule has 2 aromatic carbocycles. The molecule has 3 fully saturated rings. The summed E-state index contributed by atoms with van der Waals surface area (Å²) in [6, 6.07) is 14.8. The fourth-order valence-corrected chi connectivity index (χ4v) is 8.18. The van der Waals surface area contributed by atoms with Crippen LogP contribution in [0.4, 0.5) is 5.69 Å². The highest BCUT2D eigenvalue weighted by molar-refractivity contribution is 8.11. The molecule has 0 atom stereocenters. The average molecular weight is 457 g/mol. The number of halogens is 2. The van der Waals surface area contributed by atoms with Gasteiger partial charge >= 0.3 is 0 Å². The van der Waals surface area contributed by atoms with Crippen LogP contribution in [0.15, 0.2) is 42.5 Å². The van der Waals surface area contributed by atoms with Crippen LogP contribution < -0.4 is 4.90 Å². The van der Waals surface area contributed by atoms with E-state index >= 15 is 0 Å². The summed E-state index contributed by atoms with van der Waals surface area (Å²) in [5.74, 6) is 1.23. The number of hydrogen-bond acceptors (Lipinski definition) is 2. The van der Waals surface area contributed by atoms with Crippen molar-refractivity contribution in [2.45, 2.75) is 0 Å². The Morgan fingerprint density at radius 3 is 1.75 bits per heavy atom. The van der Waals surface area contributed by atoms with Gasteiger partial charge in [-0.2, -0.15) is 0 Å². The quantitative estimate of drug-likeness (QED) is 0.332. The summed E-state index contributed by atoms with van der Waals surface area (Å²) in [7, 11) is 0. The molecule has 3 heterocycles. The third kappa shape index (κ3) is 4.84. The maximum absolute atomic E-state index is 5.82. The zero-order valence-electron chi connectivity index (χ0n) is 16.0. The van der Waals surface area contributed by atoms with E-state index < -0.39 is 6.49 Å². The lowest BCUT2D eigenvalue weighted by Gasteiger charge is -2.25. The van der Waals surface area contributed by atoms with Crippen LogP contribution >= 0.6 is 29.7 Å². The topological polar surface area (TPSA) is 12.3 Å². The van der Waals surface area contributed by atoms with E-state index in [4.69, 9.17) is 35.0 Å². The van der Waals surface area contributed by atoms with Gasteiger partial charge in [0.2, 0.25) is 0 Å². The summed E-state index contributed by atoms with van der Waals surface area (Å²) in [6.45, 7) is 7.91. The molecule has 0 N–H and O–H groups in total. The molecule has 0 amide bonds. The minimum atomic E-state index is -1.27. The number of hydrogen-bond donors (Lipinski definition) is 0. The molecular weight excluding hydrogens is 430 g/mol. The molecule has 5 rings (SSSR count). The first-order valence-electron chi connectivity index (χ1n) is 9.89. The normalized spacial score (nSPS) is 19.2. The first kappa shape index (κ1) is 20.9. The largest absolute Gasteiger partial charge is 0.369 e. The van der Waals surface area contributed by atoms with Crippen LogP contribution in [0, 0.1) is 0 Å². The van der Waals surface area contributed by atoms with Crippen LogP contribution in [0.25, 0.3) is 10.8 Å². The summed E-state index contributed by atoms with van der Waals surface area (Å²) in [6.07, 6.45) is 0. The maximum Gasteiger partial charge on any atom is 0.145 e. The van der Waals surface area contributed by atoms with Crippen LogP contribution in [0.3, 0.4) is 0 Å². The molecule has 0 bridgehead atoms. The predicted octanol–water partition coefficient (Wildman–Crippen LogP) is 4.28. The van der Waals surface area contributed by atoms with Crippen molar-refractivity contribution in [1.29, 1.82) is 0 Å². The fourth-order valence-electron chi connectivity index (χ4n) is 3.40. The van der Waals surface area contributed by atoms with Gasteiger partial charge in [0.15, 0.2) is 0 Å². The lowest BCUT2D eigenvalue weighted by molar-refractivity contribution is 0.697. The highest BCUT2D eigenvalue weighted by atomic mass is 35.5. The molecule has 0 spiro atoms. The molecule has 28 heavy (non-hydrogen) atoms. The number of fused-ring (bicyclic) bond motifs is 1. The standard InChI is InChI=1S/C14H15Cl2N.C6H12N3PS/c15-7-9-17(10-8-16)14-6-5-12-3-1-2-4-13(12)11-14;11-10(7-1-2-7,8-3-4-8)9-5-6-9/h1-6,11H,7-10H2;1-6H2. The SMILES string of the molecule is ClCCN(CCCl)c1ccc2ccccc2c1.S=P(N1CC1)(N1CC1)N1CC1. The molecule has 0 aromatic heterocycles. The molecule has 0 radical (unpaired) electrons. The number of nitrogens with zero attached hydrogens (tertiary/aromatic N) is 4. The molecule has 3 aliphatic rings. The Balaban J connectivity index is 0.000000149. The average Bonchev–Trinajstić information content (AvgIpc) is 3.60. The first-order chi connectivity index (χ1) is 13.7. The van der Waals surface area contributed by atoms with Crippen molar-refractivity contribution in [1.82, 2.24) is 14.0 Å². The maximum atomic E-state index is 5.82. The third-order valence-corrected chi connectivity index (χ3v) is 11.0. The Labute approximate surface area is 183 Å². The first-order valence-corrected chi connectivity index (χ1v) is 13.6. The fraction of sp³-hybridized carbons (Fsp3) is 0.500. The van der Waals surface area contributed by atoms with Crippen LogP contribution in [0.5, 0.6) is 0 Å². The number of anilines is 1. The van der Waals surface area contributed by atoms with Crippen molar-refractivity contribution in [2.75, 3.05) is 69.0 Å². The van der Waals surface area contributed by atoms with Crippen molar-refractivity contribution in [3.63, 3.8) is 0 Å². The van der Waals surface area contributed by atoms with E-state index in [9.17, 15) is 0 Å². The molecule has 152 valence electrons. The van der Waals surface area contributed by atoms with Crippen molar-refractivity contribution in [3.05, 3.63) is 42.5 Å². The van der Waals surface area contributed by atoms with E-state index in [-0.39, 0.29) is 0 Å². The second-order valence-corrected chi connectivity index (χ2v) is 12.2. The predicted molar refractivity (Wildman–Crippen MR) is 127 cm³/mol. The Morgan fingerprint density at radius 1 is 0.786 bits per heavy atom. The zero-order valence-corrected chi connectivity index (χ0v) is 19.2. The minimum Gasteiger partial charge on any atom is -0.369 e. The van der Waals surface area contributed by atoms with Gasteiger partial charge in [0.25, 0.3) is 0 Å². The van der Waals surface area contributed by atoms with Gasteiger partial charge in [0.05, 0.1) is 0 Å². The molecule has 0 saturated carbocycles. The Morgan fingerprint density at radius 2 is 1.29 bits per heavy atom. The summed E-state index contributed by atoms with van der Waals surface area (Å²) < 4.78 is 7.47. The molecule has 3 aliphatic heterocycles. The van der Waals surface area contributed by atoms with Crippen LogP contribution in [-0.4, -0.2) is 78.1 Å². The van der Waals surface area contributed by atoms with Crippen LogP contribution in [-0.2, 0) is 11.8 Å². The van der Waals surface area contributed by atoms with Gasteiger partial charge in [0, 0.05) is 69.8 Å². The molecule has 0 unspecified atom stereocenters. The third-order valence-electron chi connectivity index (χ3n) is 5.18. The van der Waals surface area contributed by atoms with Crippen molar-refractivity contribution < 1.29 is 0 Å². The number of alkyl halides is 2. The molecular formula is C20H27Cl2N4PS. The minimum absolute atomic E-state index is 0.615. The second-order valence-electron chi connectivity index (χ2n) is 7.27. The lowest BCUT2D eigenvalue weighted by atomic mass is 10.1. The van der Waals surface area contributed by atoms with Crippen molar-refractivity contribution in [2.24, 2.45) is 0 Å². The molecule has 4 nitrogen and oxygen atoms in total. The van der Waals surface area contributed by atoms with E-state index in [0.717, 1.165) is 13.1 Å². The van der Waals surface area contributed by atoms with Gasteiger partial charge in [-0.15, -0.1) is 23.2 Å². The van der Waals surface area contributed by atoms with E-state index in [0.29, 0.717) is 11.8 Å². The molecule has 3 saturated heterocycles. The number of benzene rings is 2. The Bertz CT molecular complexity index is 811. The van der Waals surface area contributed by atoms with Crippen molar-refractivity contribution in [3.8, 4) is 0 Å². The van der Waals surface area contributed by atoms with E-state index in [2.05, 4.69) is 61.4 Å². The second kappa shape index (κ2) is 9.18. The van der Waals surface area contributed by atoms with Crippen LogP contribution in [0.1, 0.15) is 0 Å². The summed E-state index contributed by atoms with van der Waals surface area (Å²) >= 11 is 17.4. The van der Waals surface area contributed by atoms with Gasteiger partial charge < -0.3 is 4.90 Å². The summed E-state index contributed by atoms with van der Waals surface area (Å²) in [5, 5.41) is 2.51. The number of rotatable bonds is 8. The van der Waals surface area contributed by atoms with Gasteiger partial charge in [-0.3, -0.25) is 0 Å². The Hall–Kier alpha value is -0.390.